The quantitative estimate of drug-likeness (QED) is 0.613. The highest BCUT2D eigenvalue weighted by atomic mass is 16.5. The van der Waals surface area contributed by atoms with Crippen LogP contribution in [0.1, 0.15) is 28.6 Å². The maximum atomic E-state index is 6.00. The zero-order chi connectivity index (χ0) is 20.8. The summed E-state index contributed by atoms with van der Waals surface area (Å²) in [5.41, 5.74) is 4.64. The maximum absolute atomic E-state index is 6.00. The Kier molecular flexibility index (Phi) is 6.67. The van der Waals surface area contributed by atoms with Crippen molar-refractivity contribution in [2.24, 2.45) is 0 Å². The van der Waals surface area contributed by atoms with Gasteiger partial charge in [0.2, 0.25) is 0 Å². The van der Waals surface area contributed by atoms with Crippen molar-refractivity contribution in [1.82, 2.24) is 15.1 Å². The van der Waals surface area contributed by atoms with Crippen LogP contribution in [-0.2, 0) is 17.7 Å². The number of methoxy groups -OCH3 is 1. The molecule has 1 aliphatic rings. The number of nitrogens with one attached hydrogen (secondary N) is 1. The molecule has 1 saturated heterocycles. The SMILES string of the molecule is COc1cccc(OCCc2cc([C@@H]3CN(Cc4cccc(C)c4)CCO3)n[nH]2)c1. The van der Waals surface area contributed by atoms with E-state index >= 15 is 0 Å². The molecule has 3 aromatic rings. The minimum atomic E-state index is -0.00661. The van der Waals surface area contributed by atoms with Gasteiger partial charge in [0.05, 0.1) is 26.0 Å². The standard InChI is InChI=1S/C24H29N3O3/c1-18-5-3-6-19(13-18)16-27-10-12-30-24(17-27)23-14-20(25-26-23)9-11-29-22-8-4-7-21(15-22)28-2/h3-8,13-15,24H,9-12,16-17H2,1-2H3,(H,25,26)/t24-/m0/s1. The molecule has 1 aromatic heterocycles. The number of ether oxygens (including phenoxy) is 3. The number of aromatic amines is 1. The molecular formula is C24H29N3O3. The Morgan fingerprint density at radius 2 is 2.00 bits per heavy atom. The lowest BCUT2D eigenvalue weighted by atomic mass is 10.1. The summed E-state index contributed by atoms with van der Waals surface area (Å²) >= 11 is 0. The maximum Gasteiger partial charge on any atom is 0.123 e. The number of rotatable bonds is 8. The van der Waals surface area contributed by atoms with Crippen molar-refractivity contribution in [2.45, 2.75) is 26.0 Å². The Bertz CT molecular complexity index is 956. The third-order valence-electron chi connectivity index (χ3n) is 5.30. The van der Waals surface area contributed by atoms with Crippen LogP contribution in [0.5, 0.6) is 11.5 Å². The second-order valence-electron chi connectivity index (χ2n) is 7.68. The van der Waals surface area contributed by atoms with Gasteiger partial charge in [0.1, 0.15) is 17.6 Å². The predicted octanol–water partition coefficient (Wildman–Crippen LogP) is 3.92. The van der Waals surface area contributed by atoms with Crippen molar-refractivity contribution < 1.29 is 14.2 Å². The highest BCUT2D eigenvalue weighted by Gasteiger charge is 2.24. The summed E-state index contributed by atoms with van der Waals surface area (Å²) in [5, 5.41) is 7.63. The van der Waals surface area contributed by atoms with Gasteiger partial charge in [0, 0.05) is 37.8 Å². The van der Waals surface area contributed by atoms with E-state index in [9.17, 15) is 0 Å². The summed E-state index contributed by atoms with van der Waals surface area (Å²) in [6.07, 6.45) is 0.747. The second kappa shape index (κ2) is 9.78. The number of aryl methyl sites for hydroxylation is 1. The molecule has 2 heterocycles. The lowest BCUT2D eigenvalue weighted by molar-refractivity contribution is -0.0350. The number of nitrogens with zero attached hydrogens (tertiary/aromatic N) is 2. The van der Waals surface area contributed by atoms with Gasteiger partial charge >= 0.3 is 0 Å². The average molecular weight is 408 g/mol. The average Bonchev–Trinajstić information content (AvgIpc) is 3.23. The van der Waals surface area contributed by atoms with E-state index in [2.05, 4.69) is 52.4 Å². The molecule has 0 radical (unpaired) electrons. The van der Waals surface area contributed by atoms with Crippen LogP contribution in [0.4, 0.5) is 0 Å². The highest BCUT2D eigenvalue weighted by Crippen LogP contribution is 2.23. The first-order chi connectivity index (χ1) is 14.7. The lowest BCUT2D eigenvalue weighted by Crippen LogP contribution is -2.37. The second-order valence-corrected chi connectivity index (χ2v) is 7.68. The molecule has 30 heavy (non-hydrogen) atoms. The number of benzene rings is 2. The first-order valence-corrected chi connectivity index (χ1v) is 10.4. The van der Waals surface area contributed by atoms with Crippen molar-refractivity contribution >= 4 is 0 Å². The van der Waals surface area contributed by atoms with Gasteiger partial charge in [-0.15, -0.1) is 0 Å². The van der Waals surface area contributed by atoms with Crippen molar-refractivity contribution in [3.8, 4) is 11.5 Å². The van der Waals surface area contributed by atoms with Crippen molar-refractivity contribution in [3.05, 3.63) is 77.1 Å². The molecule has 158 valence electrons. The fourth-order valence-corrected chi connectivity index (χ4v) is 3.74. The van der Waals surface area contributed by atoms with Crippen LogP contribution >= 0.6 is 0 Å². The largest absolute Gasteiger partial charge is 0.497 e. The molecule has 2 aromatic carbocycles. The molecule has 1 aliphatic heterocycles. The van der Waals surface area contributed by atoms with Crippen LogP contribution < -0.4 is 9.47 Å². The zero-order valence-electron chi connectivity index (χ0n) is 17.6. The van der Waals surface area contributed by atoms with Crippen LogP contribution in [0.15, 0.2) is 54.6 Å². The summed E-state index contributed by atoms with van der Waals surface area (Å²) in [6.45, 7) is 6.15. The molecule has 0 saturated carbocycles. The first kappa shape index (κ1) is 20.4. The number of morpholine rings is 1. The normalized spacial score (nSPS) is 17.1. The molecule has 6 heteroatoms. The summed E-state index contributed by atoms with van der Waals surface area (Å²) < 4.78 is 17.1. The fraction of sp³-hybridized carbons (Fsp3) is 0.375. The Hall–Kier alpha value is -2.83. The van der Waals surface area contributed by atoms with E-state index in [1.165, 1.54) is 11.1 Å². The zero-order valence-corrected chi connectivity index (χ0v) is 17.6. The van der Waals surface area contributed by atoms with Crippen LogP contribution in [0.2, 0.25) is 0 Å². The molecule has 1 atom stereocenters. The van der Waals surface area contributed by atoms with E-state index < -0.39 is 0 Å². The Morgan fingerprint density at radius 1 is 1.13 bits per heavy atom. The third-order valence-corrected chi connectivity index (χ3v) is 5.30. The van der Waals surface area contributed by atoms with Gasteiger partial charge in [0.15, 0.2) is 0 Å². The summed E-state index contributed by atoms with van der Waals surface area (Å²) in [4.78, 5) is 2.43. The van der Waals surface area contributed by atoms with E-state index in [1.807, 2.05) is 24.3 Å². The Balaban J connectivity index is 1.29. The third kappa shape index (κ3) is 5.40. The van der Waals surface area contributed by atoms with E-state index in [4.69, 9.17) is 14.2 Å². The van der Waals surface area contributed by atoms with Gasteiger partial charge in [-0.1, -0.05) is 35.9 Å². The molecule has 0 unspecified atom stereocenters. The molecule has 1 fully saturated rings. The summed E-state index contributed by atoms with van der Waals surface area (Å²) in [6, 6.07) is 18.4. The molecule has 4 rings (SSSR count). The Labute approximate surface area is 177 Å². The van der Waals surface area contributed by atoms with Crippen molar-refractivity contribution in [3.63, 3.8) is 0 Å². The number of hydrogen-bond donors (Lipinski definition) is 1. The molecule has 1 N–H and O–H groups in total. The van der Waals surface area contributed by atoms with Gasteiger partial charge in [-0.3, -0.25) is 10.00 Å². The monoisotopic (exact) mass is 407 g/mol. The lowest BCUT2D eigenvalue weighted by Gasteiger charge is -2.32. The minimum absolute atomic E-state index is 0.00661. The molecule has 0 aliphatic carbocycles. The van der Waals surface area contributed by atoms with Crippen molar-refractivity contribution in [2.75, 3.05) is 33.4 Å². The van der Waals surface area contributed by atoms with Gasteiger partial charge in [-0.2, -0.15) is 5.10 Å². The van der Waals surface area contributed by atoms with E-state index in [0.717, 1.165) is 55.5 Å². The number of H-pyrrole nitrogens is 1. The fourth-order valence-electron chi connectivity index (χ4n) is 3.74. The summed E-state index contributed by atoms with van der Waals surface area (Å²) in [5.74, 6) is 1.59. The molecule has 0 amide bonds. The molecule has 0 spiro atoms. The van der Waals surface area contributed by atoms with Crippen LogP contribution in [0, 0.1) is 6.92 Å². The minimum Gasteiger partial charge on any atom is -0.497 e. The first-order valence-electron chi connectivity index (χ1n) is 10.4. The predicted molar refractivity (Wildman–Crippen MR) is 116 cm³/mol. The van der Waals surface area contributed by atoms with E-state index in [1.54, 1.807) is 7.11 Å². The Morgan fingerprint density at radius 3 is 2.87 bits per heavy atom. The van der Waals surface area contributed by atoms with Crippen LogP contribution in [0.3, 0.4) is 0 Å². The van der Waals surface area contributed by atoms with Crippen LogP contribution in [-0.4, -0.2) is 48.5 Å². The topological polar surface area (TPSA) is 59.6 Å². The number of aromatic nitrogens is 2. The molecule has 6 nitrogen and oxygen atoms in total. The van der Waals surface area contributed by atoms with Gasteiger partial charge in [-0.25, -0.2) is 0 Å². The number of hydrogen-bond acceptors (Lipinski definition) is 5. The highest BCUT2D eigenvalue weighted by molar-refractivity contribution is 5.32. The smallest absolute Gasteiger partial charge is 0.123 e. The van der Waals surface area contributed by atoms with Gasteiger partial charge in [0.25, 0.3) is 0 Å². The molecule has 0 bridgehead atoms. The van der Waals surface area contributed by atoms with E-state index in [-0.39, 0.29) is 6.10 Å². The van der Waals surface area contributed by atoms with E-state index in [0.29, 0.717) is 6.61 Å². The van der Waals surface area contributed by atoms with Gasteiger partial charge in [-0.05, 0) is 30.7 Å². The van der Waals surface area contributed by atoms with Gasteiger partial charge < -0.3 is 14.2 Å². The summed E-state index contributed by atoms with van der Waals surface area (Å²) in [7, 11) is 1.65. The molecular weight excluding hydrogens is 378 g/mol. The van der Waals surface area contributed by atoms with Crippen molar-refractivity contribution in [1.29, 1.82) is 0 Å². The van der Waals surface area contributed by atoms with Crippen LogP contribution in [0.25, 0.3) is 0 Å².